The zero-order valence-electron chi connectivity index (χ0n) is 15.0. The Morgan fingerprint density at radius 1 is 1.03 bits per heavy atom. The number of fused-ring (bicyclic) bond motifs is 2. The van der Waals surface area contributed by atoms with Gasteiger partial charge in [-0.3, -0.25) is 24.5 Å². The van der Waals surface area contributed by atoms with Crippen molar-refractivity contribution in [1.82, 2.24) is 5.32 Å². The van der Waals surface area contributed by atoms with Crippen molar-refractivity contribution < 1.29 is 22.6 Å². The maximum Gasteiger partial charge on any atom is 0.302 e. The van der Waals surface area contributed by atoms with E-state index in [2.05, 4.69) is 16.4 Å². The Morgan fingerprint density at radius 3 is 2.17 bits per heavy atom. The van der Waals surface area contributed by atoms with Crippen LogP contribution in [0.5, 0.6) is 0 Å². The first kappa shape index (κ1) is 19.1. The van der Waals surface area contributed by atoms with Crippen LogP contribution in [0.2, 0.25) is 0 Å². The highest BCUT2D eigenvalue weighted by Gasteiger charge is 2.33. The molecule has 2 atom stereocenters. The number of Topliss-reactive ketones (excluding diaryl/α,β-unsaturated/α-hetero) is 1. The van der Waals surface area contributed by atoms with Crippen molar-refractivity contribution in [2.45, 2.75) is 11.5 Å². The molecule has 0 aliphatic carbocycles. The van der Waals surface area contributed by atoms with Gasteiger partial charge in [0.15, 0.2) is 6.29 Å². The highest BCUT2D eigenvalue weighted by molar-refractivity contribution is 7.86. The van der Waals surface area contributed by atoms with Crippen LogP contribution in [0.1, 0.15) is 5.56 Å². The molecule has 146 valence electrons. The Hall–Kier alpha value is -3.20. The van der Waals surface area contributed by atoms with E-state index in [1.807, 2.05) is 48.5 Å². The molecule has 4 rings (SSSR count). The maximum atomic E-state index is 12.2. The highest BCUT2D eigenvalue weighted by atomic mass is 32.2. The van der Waals surface area contributed by atoms with Gasteiger partial charge in [0.25, 0.3) is 0 Å². The van der Waals surface area contributed by atoms with Gasteiger partial charge in [0, 0.05) is 6.21 Å². The lowest BCUT2D eigenvalue weighted by Gasteiger charge is -2.24. The first-order valence-electron chi connectivity index (χ1n) is 8.75. The van der Waals surface area contributed by atoms with Crippen LogP contribution in [0.4, 0.5) is 0 Å². The SMILES string of the molecule is O=CC(=O)C1NC(S(=O)(=O)O)N=CC1=Cc1c2ccccc2cc2ccccc12. The summed E-state index contributed by atoms with van der Waals surface area (Å²) in [6, 6.07) is 16.3. The van der Waals surface area contributed by atoms with Crippen LogP contribution in [-0.4, -0.2) is 42.8 Å². The van der Waals surface area contributed by atoms with E-state index in [1.54, 1.807) is 6.08 Å². The summed E-state index contributed by atoms with van der Waals surface area (Å²) in [5.74, 6) is -0.861. The van der Waals surface area contributed by atoms with Gasteiger partial charge in [0.05, 0.1) is 0 Å². The van der Waals surface area contributed by atoms with E-state index < -0.39 is 27.4 Å². The molecule has 8 heteroatoms. The molecule has 3 aromatic rings. The van der Waals surface area contributed by atoms with Crippen LogP contribution in [0.25, 0.3) is 27.6 Å². The summed E-state index contributed by atoms with van der Waals surface area (Å²) < 4.78 is 32.1. The fourth-order valence-corrected chi connectivity index (χ4v) is 4.00. The van der Waals surface area contributed by atoms with Crippen molar-refractivity contribution in [3.63, 3.8) is 0 Å². The topological polar surface area (TPSA) is 113 Å². The van der Waals surface area contributed by atoms with Crippen LogP contribution < -0.4 is 5.32 Å². The number of carbonyl (C=O) groups is 2. The summed E-state index contributed by atoms with van der Waals surface area (Å²) in [5, 5.41) is 6.28. The van der Waals surface area contributed by atoms with Crippen molar-refractivity contribution in [2.75, 3.05) is 0 Å². The number of rotatable bonds is 4. The van der Waals surface area contributed by atoms with Gasteiger partial charge >= 0.3 is 10.1 Å². The van der Waals surface area contributed by atoms with Crippen LogP contribution in [0.15, 0.2) is 65.2 Å². The van der Waals surface area contributed by atoms with Gasteiger partial charge in [-0.25, -0.2) is 0 Å². The Morgan fingerprint density at radius 2 is 1.62 bits per heavy atom. The molecule has 1 heterocycles. The molecule has 0 saturated carbocycles. The Labute approximate surface area is 166 Å². The molecule has 1 aliphatic heterocycles. The Balaban J connectivity index is 1.97. The number of benzene rings is 3. The van der Waals surface area contributed by atoms with Crippen LogP contribution in [0.3, 0.4) is 0 Å². The molecule has 0 saturated heterocycles. The predicted octanol–water partition coefficient (Wildman–Crippen LogP) is 2.36. The number of hydrogen-bond acceptors (Lipinski definition) is 6. The predicted molar refractivity (Wildman–Crippen MR) is 111 cm³/mol. The number of carbonyl (C=O) groups excluding carboxylic acids is 2. The zero-order chi connectivity index (χ0) is 20.6. The molecule has 0 bridgehead atoms. The van der Waals surface area contributed by atoms with Gasteiger partial charge in [-0.05, 0) is 44.8 Å². The molecule has 0 spiro atoms. The fraction of sp³-hybridized carbons (Fsp3) is 0.0952. The summed E-state index contributed by atoms with van der Waals surface area (Å²) in [4.78, 5) is 27.1. The zero-order valence-corrected chi connectivity index (χ0v) is 15.8. The van der Waals surface area contributed by atoms with Crippen molar-refractivity contribution in [1.29, 1.82) is 0 Å². The van der Waals surface area contributed by atoms with Crippen molar-refractivity contribution in [2.24, 2.45) is 4.99 Å². The van der Waals surface area contributed by atoms with Crippen LogP contribution >= 0.6 is 0 Å². The lowest BCUT2D eigenvalue weighted by molar-refractivity contribution is -0.130. The molecule has 3 aromatic carbocycles. The third kappa shape index (κ3) is 3.61. The number of hydrogen-bond donors (Lipinski definition) is 2. The minimum atomic E-state index is -4.57. The molecule has 0 amide bonds. The average Bonchev–Trinajstić information content (AvgIpc) is 2.72. The highest BCUT2D eigenvalue weighted by Crippen LogP contribution is 2.31. The Bertz CT molecular complexity index is 1260. The summed E-state index contributed by atoms with van der Waals surface area (Å²) in [6.07, 6.45) is 3.04. The van der Waals surface area contributed by atoms with Crippen LogP contribution in [-0.2, 0) is 19.7 Å². The molecule has 2 unspecified atom stereocenters. The van der Waals surface area contributed by atoms with Gasteiger partial charge in [-0.2, -0.15) is 8.42 Å². The second-order valence-corrected chi connectivity index (χ2v) is 8.12. The van der Waals surface area contributed by atoms with Gasteiger partial charge in [-0.1, -0.05) is 48.5 Å². The minimum Gasteiger partial charge on any atom is -0.295 e. The number of ketones is 1. The monoisotopic (exact) mass is 408 g/mol. The first-order chi connectivity index (χ1) is 13.9. The van der Waals surface area contributed by atoms with E-state index >= 15 is 0 Å². The summed E-state index contributed by atoms with van der Waals surface area (Å²) in [6.45, 7) is 0. The van der Waals surface area contributed by atoms with Gasteiger partial charge in [-0.15, -0.1) is 0 Å². The second-order valence-electron chi connectivity index (χ2n) is 6.64. The summed E-state index contributed by atoms with van der Waals surface area (Å²) >= 11 is 0. The molecular formula is C21H16N2O5S. The lowest BCUT2D eigenvalue weighted by atomic mass is 9.93. The molecule has 29 heavy (non-hydrogen) atoms. The smallest absolute Gasteiger partial charge is 0.295 e. The minimum absolute atomic E-state index is 0.118. The second kappa shape index (κ2) is 7.32. The number of aldehydes is 1. The number of aliphatic imine (C=N–C) groups is 1. The molecular weight excluding hydrogens is 392 g/mol. The van der Waals surface area contributed by atoms with E-state index in [9.17, 15) is 22.6 Å². The van der Waals surface area contributed by atoms with E-state index in [0.29, 0.717) is 5.57 Å². The average molecular weight is 408 g/mol. The van der Waals surface area contributed by atoms with Crippen molar-refractivity contribution in [3.8, 4) is 0 Å². The maximum absolute atomic E-state index is 12.2. The third-order valence-corrected chi connectivity index (χ3v) is 5.63. The van der Waals surface area contributed by atoms with Gasteiger partial charge < -0.3 is 0 Å². The fourth-order valence-electron chi connectivity index (χ4n) is 3.48. The van der Waals surface area contributed by atoms with E-state index in [1.165, 1.54) is 6.21 Å². The molecule has 1 aliphatic rings. The first-order valence-corrected chi connectivity index (χ1v) is 10.3. The Kier molecular flexibility index (Phi) is 4.83. The van der Waals surface area contributed by atoms with E-state index in [0.717, 1.165) is 27.1 Å². The molecule has 0 aromatic heterocycles. The standard InChI is InChI=1S/C21H16N2O5S/c24-12-19(25)20-15(11-22-21(23-20)29(26,27)28)10-18-16-7-3-1-5-13(16)9-14-6-2-4-8-17(14)18/h1-12,20-21,23H,(H,26,27,28). The third-order valence-electron chi connectivity index (χ3n) is 4.81. The van der Waals surface area contributed by atoms with Crippen LogP contribution in [0, 0.1) is 0 Å². The van der Waals surface area contributed by atoms with E-state index in [4.69, 9.17) is 0 Å². The molecule has 7 nitrogen and oxygen atoms in total. The number of nitrogens with zero attached hydrogens (tertiary/aromatic N) is 1. The van der Waals surface area contributed by atoms with Crippen molar-refractivity contribution in [3.05, 3.63) is 65.7 Å². The molecule has 0 fully saturated rings. The summed E-state index contributed by atoms with van der Waals surface area (Å²) in [5.41, 5.74) is -0.572. The normalized spacial score (nSPS) is 20.9. The van der Waals surface area contributed by atoms with E-state index in [-0.39, 0.29) is 6.29 Å². The molecule has 2 N–H and O–H groups in total. The largest absolute Gasteiger partial charge is 0.302 e. The van der Waals surface area contributed by atoms with Gasteiger partial charge in [0.1, 0.15) is 6.04 Å². The summed E-state index contributed by atoms with van der Waals surface area (Å²) in [7, 11) is -4.57. The van der Waals surface area contributed by atoms with Gasteiger partial charge in [0.2, 0.25) is 11.3 Å². The quantitative estimate of drug-likeness (QED) is 0.297. The lowest BCUT2D eigenvalue weighted by Crippen LogP contribution is -2.50. The van der Waals surface area contributed by atoms with Crippen molar-refractivity contribution >= 4 is 56.0 Å². The number of nitrogens with one attached hydrogen (secondary N) is 1. The molecule has 0 radical (unpaired) electrons.